The van der Waals surface area contributed by atoms with Crippen molar-refractivity contribution in [1.82, 2.24) is 9.38 Å². The molecule has 4 aliphatic rings. The van der Waals surface area contributed by atoms with Crippen molar-refractivity contribution < 1.29 is 9.53 Å². The number of carbonyl (C=O) groups is 1. The number of hydrogen-bond acceptors (Lipinski definition) is 3. The number of amides is 1. The van der Waals surface area contributed by atoms with Gasteiger partial charge in [0.1, 0.15) is 22.9 Å². The Hall–Kier alpha value is -2.82. The topological polar surface area (TPSA) is 55.6 Å². The maximum Gasteiger partial charge on any atom is 0.231 e. The van der Waals surface area contributed by atoms with Crippen LogP contribution in [0.2, 0.25) is 0 Å². The van der Waals surface area contributed by atoms with Crippen LogP contribution in [0, 0.1) is 30.1 Å². The monoisotopic (exact) mass is 415 g/mol. The number of aryl methyl sites for hydroxylation is 1. The van der Waals surface area contributed by atoms with E-state index in [-0.39, 0.29) is 11.3 Å². The van der Waals surface area contributed by atoms with Crippen molar-refractivity contribution >= 4 is 17.4 Å². The molecule has 4 fully saturated rings. The fourth-order valence-corrected chi connectivity index (χ4v) is 6.93. The molecule has 0 saturated heterocycles. The Morgan fingerprint density at radius 3 is 2.42 bits per heavy atom. The Morgan fingerprint density at radius 2 is 1.74 bits per heavy atom. The van der Waals surface area contributed by atoms with Crippen LogP contribution in [0.25, 0.3) is 16.9 Å². The number of benzene rings is 1. The van der Waals surface area contributed by atoms with Gasteiger partial charge in [-0.15, -0.1) is 0 Å². The number of anilines is 1. The van der Waals surface area contributed by atoms with Gasteiger partial charge in [-0.3, -0.25) is 9.20 Å². The largest absolute Gasteiger partial charge is 0.496 e. The van der Waals surface area contributed by atoms with E-state index >= 15 is 0 Å². The van der Waals surface area contributed by atoms with Crippen molar-refractivity contribution in [3.63, 3.8) is 0 Å². The summed E-state index contributed by atoms with van der Waals surface area (Å²) in [5, 5.41) is 3.37. The number of ether oxygens (including phenoxy) is 1. The molecule has 0 atom stereocenters. The first kappa shape index (κ1) is 18.9. The highest BCUT2D eigenvalue weighted by Crippen LogP contribution is 2.60. The van der Waals surface area contributed by atoms with Crippen LogP contribution in [0.5, 0.6) is 5.75 Å². The number of methoxy groups -OCH3 is 1. The standard InChI is InChI=1S/C26H29N3O2/c1-16-7-8-22-27-23(20-5-3-4-6-21(20)31-2)24(29(22)15-16)28-25(30)26-12-17-9-18(13-26)11-19(10-17)14-26/h3-8,15,17-19H,9-14H2,1-2H3,(H,28,30). The number of nitrogens with one attached hydrogen (secondary N) is 1. The number of fused-ring (bicyclic) bond motifs is 1. The molecular weight excluding hydrogens is 386 g/mol. The number of rotatable bonds is 4. The summed E-state index contributed by atoms with van der Waals surface area (Å²) in [6.07, 6.45) is 9.17. The predicted molar refractivity (Wildman–Crippen MR) is 121 cm³/mol. The van der Waals surface area contributed by atoms with Gasteiger partial charge in [-0.25, -0.2) is 4.98 Å². The molecule has 3 aromatic rings. The molecule has 160 valence electrons. The Kier molecular flexibility index (Phi) is 4.17. The van der Waals surface area contributed by atoms with Crippen LogP contribution in [0.15, 0.2) is 42.6 Å². The smallest absolute Gasteiger partial charge is 0.231 e. The Labute approximate surface area is 182 Å². The predicted octanol–water partition coefficient (Wildman–Crippen LogP) is 5.47. The second kappa shape index (κ2) is 6.84. The summed E-state index contributed by atoms with van der Waals surface area (Å²) in [7, 11) is 1.67. The summed E-state index contributed by atoms with van der Waals surface area (Å²) in [5.74, 6) is 3.89. The first-order valence-electron chi connectivity index (χ1n) is 11.5. The molecule has 7 rings (SSSR count). The molecule has 0 aliphatic heterocycles. The van der Waals surface area contributed by atoms with Gasteiger partial charge in [0, 0.05) is 11.8 Å². The molecule has 4 bridgehead atoms. The summed E-state index contributed by atoms with van der Waals surface area (Å²) in [4.78, 5) is 18.7. The van der Waals surface area contributed by atoms with E-state index in [0.717, 1.165) is 71.1 Å². The fraction of sp³-hybridized carbons (Fsp3) is 0.462. The van der Waals surface area contributed by atoms with Gasteiger partial charge in [0.15, 0.2) is 0 Å². The summed E-state index contributed by atoms with van der Waals surface area (Å²) in [5.41, 5.74) is 3.41. The molecule has 0 radical (unpaired) electrons. The van der Waals surface area contributed by atoms with Crippen molar-refractivity contribution in [1.29, 1.82) is 0 Å². The number of imidazole rings is 1. The van der Waals surface area contributed by atoms with Crippen molar-refractivity contribution in [2.24, 2.45) is 23.2 Å². The zero-order chi connectivity index (χ0) is 21.2. The Balaban J connectivity index is 1.45. The van der Waals surface area contributed by atoms with Gasteiger partial charge >= 0.3 is 0 Å². The number of para-hydroxylation sites is 1. The molecule has 2 aromatic heterocycles. The third-order valence-corrected chi connectivity index (χ3v) is 7.88. The van der Waals surface area contributed by atoms with E-state index in [9.17, 15) is 4.79 Å². The lowest BCUT2D eigenvalue weighted by Crippen LogP contribution is -2.51. The highest BCUT2D eigenvalue weighted by Gasteiger charge is 2.54. The van der Waals surface area contributed by atoms with E-state index in [1.54, 1.807) is 7.11 Å². The summed E-state index contributed by atoms with van der Waals surface area (Å²) < 4.78 is 7.64. The van der Waals surface area contributed by atoms with Crippen LogP contribution in [0.4, 0.5) is 5.82 Å². The van der Waals surface area contributed by atoms with E-state index in [2.05, 4.69) is 24.5 Å². The average molecular weight is 416 g/mol. The van der Waals surface area contributed by atoms with Gasteiger partial charge in [-0.05, 0) is 87.0 Å². The normalized spacial score (nSPS) is 28.8. The summed E-state index contributed by atoms with van der Waals surface area (Å²) >= 11 is 0. The van der Waals surface area contributed by atoms with Crippen molar-refractivity contribution in [2.45, 2.75) is 45.4 Å². The summed E-state index contributed by atoms with van der Waals surface area (Å²) in [6, 6.07) is 11.9. The first-order chi connectivity index (χ1) is 15.0. The highest BCUT2D eigenvalue weighted by molar-refractivity contribution is 5.99. The molecule has 2 heterocycles. The molecule has 1 N–H and O–H groups in total. The van der Waals surface area contributed by atoms with Gasteiger partial charge in [0.05, 0.1) is 12.5 Å². The zero-order valence-corrected chi connectivity index (χ0v) is 18.2. The van der Waals surface area contributed by atoms with E-state index < -0.39 is 0 Å². The van der Waals surface area contributed by atoms with Gasteiger partial charge in [-0.2, -0.15) is 0 Å². The minimum atomic E-state index is -0.208. The van der Waals surface area contributed by atoms with Crippen LogP contribution in [-0.2, 0) is 4.79 Å². The Bertz CT molecular complexity index is 1140. The van der Waals surface area contributed by atoms with E-state index in [1.807, 2.05) is 34.7 Å². The van der Waals surface area contributed by atoms with E-state index in [0.29, 0.717) is 0 Å². The van der Waals surface area contributed by atoms with Crippen LogP contribution < -0.4 is 10.1 Å². The zero-order valence-electron chi connectivity index (χ0n) is 18.2. The number of nitrogens with zero attached hydrogens (tertiary/aromatic N) is 2. The van der Waals surface area contributed by atoms with Crippen molar-refractivity contribution in [3.8, 4) is 17.0 Å². The van der Waals surface area contributed by atoms with Gasteiger partial charge in [-0.1, -0.05) is 18.2 Å². The molecule has 0 spiro atoms. The highest BCUT2D eigenvalue weighted by atomic mass is 16.5. The minimum Gasteiger partial charge on any atom is -0.496 e. The molecule has 1 aromatic carbocycles. The number of hydrogen-bond donors (Lipinski definition) is 1. The van der Waals surface area contributed by atoms with Gasteiger partial charge in [0.25, 0.3) is 0 Å². The molecule has 5 heteroatoms. The van der Waals surface area contributed by atoms with Gasteiger partial charge in [0.2, 0.25) is 5.91 Å². The molecular formula is C26H29N3O2. The van der Waals surface area contributed by atoms with Crippen LogP contribution in [-0.4, -0.2) is 22.4 Å². The molecule has 5 nitrogen and oxygen atoms in total. The quantitative estimate of drug-likeness (QED) is 0.614. The van der Waals surface area contributed by atoms with E-state index in [4.69, 9.17) is 9.72 Å². The third kappa shape index (κ3) is 2.97. The third-order valence-electron chi connectivity index (χ3n) is 7.88. The number of pyridine rings is 1. The molecule has 1 amide bonds. The second-order valence-corrected chi connectivity index (χ2v) is 10.1. The van der Waals surface area contributed by atoms with E-state index in [1.165, 1.54) is 19.3 Å². The van der Waals surface area contributed by atoms with Crippen LogP contribution in [0.1, 0.15) is 44.1 Å². The fourth-order valence-electron chi connectivity index (χ4n) is 6.93. The molecule has 4 saturated carbocycles. The minimum absolute atomic E-state index is 0.186. The maximum absolute atomic E-state index is 13.8. The second-order valence-electron chi connectivity index (χ2n) is 10.1. The van der Waals surface area contributed by atoms with Crippen molar-refractivity contribution in [3.05, 3.63) is 48.2 Å². The molecule has 31 heavy (non-hydrogen) atoms. The number of carbonyl (C=O) groups excluding carboxylic acids is 1. The number of aromatic nitrogens is 2. The lowest BCUT2D eigenvalue weighted by atomic mass is 9.49. The lowest BCUT2D eigenvalue weighted by molar-refractivity contribution is -0.140. The molecule has 4 aliphatic carbocycles. The van der Waals surface area contributed by atoms with Crippen LogP contribution >= 0.6 is 0 Å². The maximum atomic E-state index is 13.8. The SMILES string of the molecule is COc1ccccc1-c1nc2ccc(C)cn2c1NC(=O)C12CC3CC(CC(C3)C1)C2. The van der Waals surface area contributed by atoms with Crippen molar-refractivity contribution in [2.75, 3.05) is 12.4 Å². The lowest BCUT2D eigenvalue weighted by Gasteiger charge is -2.55. The van der Waals surface area contributed by atoms with Gasteiger partial charge < -0.3 is 10.1 Å². The van der Waals surface area contributed by atoms with Crippen LogP contribution in [0.3, 0.4) is 0 Å². The molecule has 0 unspecified atom stereocenters. The Morgan fingerprint density at radius 1 is 1.06 bits per heavy atom. The summed E-state index contributed by atoms with van der Waals surface area (Å²) in [6.45, 7) is 2.06. The average Bonchev–Trinajstić information content (AvgIpc) is 3.10. The first-order valence-corrected chi connectivity index (χ1v) is 11.5.